The average Bonchev–Trinajstić information content (AvgIpc) is 2.16. The third-order valence-corrected chi connectivity index (χ3v) is 2.97. The highest BCUT2D eigenvalue weighted by Gasteiger charge is 2.29. The highest BCUT2D eigenvalue weighted by molar-refractivity contribution is 5.49. The van der Waals surface area contributed by atoms with E-state index in [2.05, 4.69) is 0 Å². The molecule has 2 aliphatic rings. The van der Waals surface area contributed by atoms with E-state index in [1.54, 1.807) is 13.0 Å². The Kier molecular flexibility index (Phi) is 2.30. The lowest BCUT2D eigenvalue weighted by Crippen LogP contribution is -2.18. The van der Waals surface area contributed by atoms with Gasteiger partial charge in [-0.1, -0.05) is 19.1 Å². The molecule has 0 N–H and O–H groups in total. The number of alkyl halides is 1. The normalized spacial score (nSPS) is 32.3. The van der Waals surface area contributed by atoms with Crippen LogP contribution >= 0.6 is 0 Å². The van der Waals surface area contributed by atoms with Crippen LogP contribution in [0.1, 0.15) is 26.7 Å². The molecule has 2 aliphatic carbocycles. The van der Waals surface area contributed by atoms with Gasteiger partial charge in [0.25, 0.3) is 0 Å². The average molecular weight is 196 g/mol. The van der Waals surface area contributed by atoms with Gasteiger partial charge in [-0.05, 0) is 42.4 Å². The van der Waals surface area contributed by atoms with Crippen LogP contribution in [0.2, 0.25) is 0 Å². The van der Waals surface area contributed by atoms with Crippen LogP contribution in [0, 0.1) is 5.92 Å². The van der Waals surface area contributed by atoms with E-state index in [-0.39, 0.29) is 0 Å². The molecule has 0 aromatic rings. The fraction of sp³-hybridized carbons (Fsp3) is 0.500. The zero-order valence-electron chi connectivity index (χ0n) is 8.48. The molecule has 0 aromatic carbocycles. The summed E-state index contributed by atoms with van der Waals surface area (Å²) in [6.45, 7) is 3.67. The van der Waals surface area contributed by atoms with Crippen molar-refractivity contribution < 1.29 is 8.78 Å². The molecule has 0 radical (unpaired) electrons. The van der Waals surface area contributed by atoms with Gasteiger partial charge in [0.2, 0.25) is 0 Å². The Morgan fingerprint density at radius 3 is 2.86 bits per heavy atom. The molecule has 0 nitrogen and oxygen atoms in total. The maximum atomic E-state index is 13.6. The number of allylic oxidation sites excluding steroid dienone is 6. The third kappa shape index (κ3) is 1.43. The second kappa shape index (κ2) is 3.34. The van der Waals surface area contributed by atoms with Gasteiger partial charge in [-0.2, -0.15) is 0 Å². The number of fused-ring (bicyclic) bond motifs is 1. The first kappa shape index (κ1) is 9.63. The molecule has 2 atom stereocenters. The van der Waals surface area contributed by atoms with Gasteiger partial charge in [-0.25, -0.2) is 8.78 Å². The van der Waals surface area contributed by atoms with Gasteiger partial charge >= 0.3 is 0 Å². The summed E-state index contributed by atoms with van der Waals surface area (Å²) >= 11 is 0. The van der Waals surface area contributed by atoms with Crippen molar-refractivity contribution >= 4 is 0 Å². The summed E-state index contributed by atoms with van der Waals surface area (Å²) in [5.74, 6) is -0.249. The Bertz CT molecular complexity index is 347. The molecule has 0 aliphatic heterocycles. The lowest BCUT2D eigenvalue weighted by atomic mass is 9.81. The quantitative estimate of drug-likeness (QED) is 0.551. The fourth-order valence-electron chi connectivity index (χ4n) is 2.09. The molecular formula is C12H14F2. The summed E-state index contributed by atoms with van der Waals surface area (Å²) in [7, 11) is 0. The predicted octanol–water partition coefficient (Wildman–Crippen LogP) is 3.86. The summed E-state index contributed by atoms with van der Waals surface area (Å²) in [6.07, 6.45) is 4.04. The molecule has 0 amide bonds. The molecule has 0 bridgehead atoms. The van der Waals surface area contributed by atoms with Crippen LogP contribution < -0.4 is 0 Å². The third-order valence-electron chi connectivity index (χ3n) is 2.97. The van der Waals surface area contributed by atoms with Crippen LogP contribution in [-0.4, -0.2) is 6.17 Å². The molecular weight excluding hydrogens is 182 g/mol. The summed E-state index contributed by atoms with van der Waals surface area (Å²) in [5.41, 5.74) is 1.99. The van der Waals surface area contributed by atoms with Gasteiger partial charge in [0.15, 0.2) is 6.17 Å². The summed E-state index contributed by atoms with van der Waals surface area (Å²) in [6, 6.07) is 0. The lowest BCUT2D eigenvalue weighted by Gasteiger charge is -2.26. The van der Waals surface area contributed by atoms with Crippen LogP contribution in [0.4, 0.5) is 8.78 Å². The SMILES string of the molecule is CC1=C(F)C(F)C2=CC(C)CCC2=C1. The van der Waals surface area contributed by atoms with Crippen LogP contribution in [0.3, 0.4) is 0 Å². The van der Waals surface area contributed by atoms with Crippen molar-refractivity contribution in [2.75, 3.05) is 0 Å². The van der Waals surface area contributed by atoms with Gasteiger partial charge in [0.05, 0.1) is 0 Å². The molecule has 0 saturated heterocycles. The molecule has 0 saturated carbocycles. The van der Waals surface area contributed by atoms with Gasteiger partial charge in [-0.15, -0.1) is 0 Å². The van der Waals surface area contributed by atoms with E-state index < -0.39 is 12.0 Å². The minimum absolute atomic E-state index is 0.367. The summed E-state index contributed by atoms with van der Waals surface area (Å²) in [4.78, 5) is 0. The van der Waals surface area contributed by atoms with Gasteiger partial charge in [0.1, 0.15) is 5.83 Å². The van der Waals surface area contributed by atoms with Crippen LogP contribution in [0.5, 0.6) is 0 Å². The maximum absolute atomic E-state index is 13.6. The molecule has 2 rings (SSSR count). The first-order chi connectivity index (χ1) is 6.59. The molecule has 0 heterocycles. The van der Waals surface area contributed by atoms with Crippen molar-refractivity contribution in [3.8, 4) is 0 Å². The van der Waals surface area contributed by atoms with Crippen molar-refractivity contribution in [1.29, 1.82) is 0 Å². The van der Waals surface area contributed by atoms with Crippen molar-refractivity contribution in [2.24, 2.45) is 5.92 Å². The molecule has 2 unspecified atom stereocenters. The summed E-state index contributed by atoms with van der Waals surface area (Å²) < 4.78 is 26.9. The van der Waals surface area contributed by atoms with E-state index in [1.807, 2.05) is 13.0 Å². The summed E-state index contributed by atoms with van der Waals surface area (Å²) in [5, 5.41) is 0. The molecule has 2 heteroatoms. The smallest absolute Gasteiger partial charge is 0.177 e. The molecule has 76 valence electrons. The Morgan fingerprint density at radius 2 is 2.14 bits per heavy atom. The Balaban J connectivity index is 2.44. The number of hydrogen-bond donors (Lipinski definition) is 0. The van der Waals surface area contributed by atoms with Crippen molar-refractivity contribution in [2.45, 2.75) is 32.9 Å². The van der Waals surface area contributed by atoms with Crippen LogP contribution in [-0.2, 0) is 0 Å². The van der Waals surface area contributed by atoms with E-state index in [9.17, 15) is 8.78 Å². The Labute approximate surface area is 83.0 Å². The minimum Gasteiger partial charge on any atom is -0.234 e. The van der Waals surface area contributed by atoms with E-state index >= 15 is 0 Å². The molecule has 0 spiro atoms. The first-order valence-electron chi connectivity index (χ1n) is 5.02. The largest absolute Gasteiger partial charge is 0.234 e. The number of hydrogen-bond acceptors (Lipinski definition) is 0. The van der Waals surface area contributed by atoms with E-state index in [4.69, 9.17) is 0 Å². The topological polar surface area (TPSA) is 0 Å². The second-order valence-corrected chi connectivity index (χ2v) is 4.20. The van der Waals surface area contributed by atoms with Crippen LogP contribution in [0.15, 0.2) is 34.7 Å². The van der Waals surface area contributed by atoms with Gasteiger partial charge in [-0.3, -0.25) is 0 Å². The number of halogens is 2. The standard InChI is InChI=1S/C12H14F2/c1-7-3-4-9-6-8(2)11(13)12(14)10(9)5-7/h5-7,12H,3-4H2,1-2H3. The highest BCUT2D eigenvalue weighted by Crippen LogP contribution is 2.38. The van der Waals surface area contributed by atoms with Crippen molar-refractivity contribution in [1.82, 2.24) is 0 Å². The zero-order valence-corrected chi connectivity index (χ0v) is 8.48. The van der Waals surface area contributed by atoms with E-state index in [0.717, 1.165) is 18.4 Å². The van der Waals surface area contributed by atoms with E-state index in [1.165, 1.54) is 0 Å². The zero-order chi connectivity index (χ0) is 10.3. The first-order valence-corrected chi connectivity index (χ1v) is 5.02. The maximum Gasteiger partial charge on any atom is 0.177 e. The molecule has 0 aromatic heterocycles. The lowest BCUT2D eigenvalue weighted by molar-refractivity contribution is 0.355. The van der Waals surface area contributed by atoms with Gasteiger partial charge < -0.3 is 0 Å². The Morgan fingerprint density at radius 1 is 1.43 bits per heavy atom. The monoisotopic (exact) mass is 196 g/mol. The number of rotatable bonds is 0. The predicted molar refractivity (Wildman–Crippen MR) is 53.3 cm³/mol. The Hall–Kier alpha value is -0.920. The van der Waals surface area contributed by atoms with E-state index in [0.29, 0.717) is 17.1 Å². The van der Waals surface area contributed by atoms with Gasteiger partial charge in [0, 0.05) is 0 Å². The van der Waals surface area contributed by atoms with Crippen molar-refractivity contribution in [3.05, 3.63) is 34.7 Å². The molecule has 0 fully saturated rings. The van der Waals surface area contributed by atoms with Crippen LogP contribution in [0.25, 0.3) is 0 Å². The molecule has 14 heavy (non-hydrogen) atoms. The van der Waals surface area contributed by atoms with Crippen molar-refractivity contribution in [3.63, 3.8) is 0 Å². The highest BCUT2D eigenvalue weighted by atomic mass is 19.2. The fourth-order valence-corrected chi connectivity index (χ4v) is 2.09. The minimum atomic E-state index is -1.52. The second-order valence-electron chi connectivity index (χ2n) is 4.20.